The predicted octanol–water partition coefficient (Wildman–Crippen LogP) is 5.84. The summed E-state index contributed by atoms with van der Waals surface area (Å²) in [5.41, 5.74) is 2.47. The lowest BCUT2D eigenvalue weighted by atomic mass is 9.82. The Morgan fingerprint density at radius 3 is 2.33 bits per heavy atom. The average molecular weight is 522 g/mol. The highest BCUT2D eigenvalue weighted by Crippen LogP contribution is 2.32. The maximum absolute atomic E-state index is 12.8. The Morgan fingerprint density at radius 1 is 1.00 bits per heavy atom. The Hall–Kier alpha value is -3.43. The molecule has 36 heavy (non-hydrogen) atoms. The molecule has 0 radical (unpaired) electrons. The van der Waals surface area contributed by atoms with Crippen LogP contribution in [0, 0.1) is 18.8 Å². The predicted molar refractivity (Wildman–Crippen MR) is 144 cm³/mol. The fraction of sp³-hybridized carbons (Fsp3) is 0.259. The van der Waals surface area contributed by atoms with E-state index in [1.54, 1.807) is 12.1 Å². The molecule has 3 atom stereocenters. The Kier molecular flexibility index (Phi) is 8.22. The minimum Gasteiger partial charge on any atom is -0.481 e. The van der Waals surface area contributed by atoms with Gasteiger partial charge in [0.25, 0.3) is 0 Å². The number of carboxylic acid groups (broad SMARTS) is 1. The van der Waals surface area contributed by atoms with Gasteiger partial charge in [0, 0.05) is 21.0 Å². The van der Waals surface area contributed by atoms with Crippen LogP contribution in [0.15, 0.2) is 71.6 Å². The van der Waals surface area contributed by atoms with Crippen molar-refractivity contribution >= 4 is 51.7 Å². The number of aromatic nitrogens is 1. The normalized spacial score (nSPS) is 17.8. The van der Waals surface area contributed by atoms with Crippen molar-refractivity contribution < 1.29 is 19.5 Å². The molecule has 3 unspecified atom stereocenters. The van der Waals surface area contributed by atoms with Crippen LogP contribution in [0.1, 0.15) is 24.6 Å². The van der Waals surface area contributed by atoms with Crippen LogP contribution in [0.4, 0.5) is 10.8 Å². The zero-order chi connectivity index (χ0) is 25.7. The molecule has 4 rings (SSSR count). The van der Waals surface area contributed by atoms with Gasteiger partial charge in [0.1, 0.15) is 0 Å². The molecule has 186 valence electrons. The first-order chi connectivity index (χ1) is 17.3. The third-order valence-corrected chi connectivity index (χ3v) is 7.96. The number of benzene rings is 2. The van der Waals surface area contributed by atoms with E-state index in [0.29, 0.717) is 23.7 Å². The molecule has 3 aromatic rings. The van der Waals surface area contributed by atoms with E-state index in [1.165, 1.54) is 23.1 Å². The van der Waals surface area contributed by atoms with Gasteiger partial charge in [0.05, 0.1) is 22.8 Å². The lowest BCUT2D eigenvalue weighted by molar-refractivity contribution is -0.146. The first kappa shape index (κ1) is 25.7. The second kappa shape index (κ2) is 11.5. The van der Waals surface area contributed by atoms with Crippen molar-refractivity contribution in [2.24, 2.45) is 11.8 Å². The fourth-order valence-electron chi connectivity index (χ4n) is 4.01. The highest BCUT2D eigenvalue weighted by molar-refractivity contribution is 8.00. The first-order valence-corrected chi connectivity index (χ1v) is 13.3. The molecule has 1 aromatic heterocycles. The number of thioether (sulfide) groups is 1. The zero-order valence-corrected chi connectivity index (χ0v) is 21.6. The summed E-state index contributed by atoms with van der Waals surface area (Å²) >= 11 is 2.85. The summed E-state index contributed by atoms with van der Waals surface area (Å²) in [6, 6.07) is 17.1. The number of aryl methyl sites for hydroxylation is 1. The van der Waals surface area contributed by atoms with Crippen LogP contribution >= 0.6 is 23.1 Å². The number of carbonyl (C=O) groups excluding carboxylic acids is 2. The summed E-state index contributed by atoms with van der Waals surface area (Å²) in [7, 11) is 0. The van der Waals surface area contributed by atoms with Gasteiger partial charge in [-0.05, 0) is 51.0 Å². The molecule has 1 aliphatic rings. The summed E-state index contributed by atoms with van der Waals surface area (Å²) in [6.45, 7) is 3.82. The lowest BCUT2D eigenvalue weighted by Crippen LogP contribution is -2.34. The van der Waals surface area contributed by atoms with Gasteiger partial charge < -0.3 is 15.7 Å². The van der Waals surface area contributed by atoms with Gasteiger partial charge in [-0.15, -0.1) is 23.1 Å². The Labute approximate surface area is 218 Å². The van der Waals surface area contributed by atoms with Crippen LogP contribution in [-0.2, 0) is 14.4 Å². The van der Waals surface area contributed by atoms with Crippen molar-refractivity contribution in [3.63, 3.8) is 0 Å². The van der Waals surface area contributed by atoms with E-state index in [1.807, 2.05) is 68.5 Å². The van der Waals surface area contributed by atoms with Crippen molar-refractivity contribution in [1.29, 1.82) is 0 Å². The van der Waals surface area contributed by atoms with Gasteiger partial charge in [0.2, 0.25) is 11.8 Å². The zero-order valence-electron chi connectivity index (χ0n) is 19.9. The van der Waals surface area contributed by atoms with Gasteiger partial charge in [-0.3, -0.25) is 14.4 Å². The number of aliphatic carboxylic acids is 1. The highest BCUT2D eigenvalue weighted by atomic mass is 32.2. The van der Waals surface area contributed by atoms with Crippen LogP contribution in [0.2, 0.25) is 0 Å². The molecule has 1 aliphatic carbocycles. The third-order valence-electron chi connectivity index (χ3n) is 5.96. The Bertz CT molecular complexity index is 1270. The summed E-state index contributed by atoms with van der Waals surface area (Å²) in [5.74, 6) is -2.70. The number of rotatable bonds is 8. The molecular formula is C27H27N3O4S2. The van der Waals surface area contributed by atoms with Crippen LogP contribution in [0.25, 0.3) is 11.3 Å². The largest absolute Gasteiger partial charge is 0.481 e. The molecule has 0 saturated heterocycles. The Morgan fingerprint density at radius 2 is 1.67 bits per heavy atom. The number of nitrogens with one attached hydrogen (secondary N) is 2. The summed E-state index contributed by atoms with van der Waals surface area (Å²) in [6.07, 6.45) is 4.43. The van der Waals surface area contributed by atoms with Crippen LogP contribution in [-0.4, -0.2) is 33.1 Å². The number of allylic oxidation sites excluding steroid dienone is 2. The number of carbonyl (C=O) groups is 3. The number of hydrogen-bond donors (Lipinski definition) is 3. The average Bonchev–Trinajstić information content (AvgIpc) is 3.25. The number of hydrogen-bond acceptors (Lipinski definition) is 6. The van der Waals surface area contributed by atoms with Crippen LogP contribution in [0.5, 0.6) is 0 Å². The monoisotopic (exact) mass is 521 g/mol. The number of amides is 2. The summed E-state index contributed by atoms with van der Waals surface area (Å²) in [4.78, 5) is 43.4. The number of carboxylic acids is 1. The van der Waals surface area contributed by atoms with Gasteiger partial charge in [-0.25, -0.2) is 4.98 Å². The van der Waals surface area contributed by atoms with E-state index >= 15 is 0 Å². The van der Waals surface area contributed by atoms with E-state index in [0.717, 1.165) is 21.0 Å². The molecule has 3 N–H and O–H groups in total. The first-order valence-electron chi connectivity index (χ1n) is 11.6. The van der Waals surface area contributed by atoms with E-state index in [4.69, 9.17) is 0 Å². The molecule has 1 heterocycles. The van der Waals surface area contributed by atoms with Gasteiger partial charge >= 0.3 is 5.97 Å². The maximum atomic E-state index is 12.8. The minimum atomic E-state index is -0.956. The number of anilines is 2. The van der Waals surface area contributed by atoms with E-state index in [-0.39, 0.29) is 17.1 Å². The topological polar surface area (TPSA) is 108 Å². The smallest absolute Gasteiger partial charge is 0.307 e. The molecule has 9 heteroatoms. The molecule has 0 saturated carbocycles. The molecule has 2 aromatic carbocycles. The van der Waals surface area contributed by atoms with Gasteiger partial charge in [-0.2, -0.15) is 0 Å². The summed E-state index contributed by atoms with van der Waals surface area (Å²) < 4.78 is 0. The fourth-order valence-corrected chi connectivity index (χ4v) is 5.71. The molecule has 7 nitrogen and oxygen atoms in total. The van der Waals surface area contributed by atoms with Crippen molar-refractivity contribution in [2.75, 3.05) is 10.6 Å². The van der Waals surface area contributed by atoms with Gasteiger partial charge in [-0.1, -0.05) is 42.5 Å². The van der Waals surface area contributed by atoms with E-state index < -0.39 is 17.8 Å². The van der Waals surface area contributed by atoms with Gasteiger partial charge in [0.15, 0.2) is 5.13 Å². The van der Waals surface area contributed by atoms with E-state index in [2.05, 4.69) is 15.6 Å². The van der Waals surface area contributed by atoms with Crippen molar-refractivity contribution in [2.45, 2.75) is 36.8 Å². The second-order valence-corrected chi connectivity index (χ2v) is 11.2. The molecule has 2 amide bonds. The van der Waals surface area contributed by atoms with E-state index in [9.17, 15) is 19.5 Å². The third kappa shape index (κ3) is 6.22. The van der Waals surface area contributed by atoms with Crippen molar-refractivity contribution in [3.05, 3.63) is 71.6 Å². The molecule has 0 fully saturated rings. The maximum Gasteiger partial charge on any atom is 0.307 e. The quantitative estimate of drug-likeness (QED) is 0.254. The number of thiazole rings is 1. The summed E-state index contributed by atoms with van der Waals surface area (Å²) in [5, 5.41) is 15.3. The van der Waals surface area contributed by atoms with Crippen LogP contribution < -0.4 is 10.6 Å². The number of nitrogens with zero attached hydrogens (tertiary/aromatic N) is 1. The lowest BCUT2D eigenvalue weighted by Gasteiger charge is -2.24. The standard InChI is InChI=1S/C27H27N3O4S2/c1-16-23(18-8-4-3-5-9-18)29-27(36-16)30-24(31)17(2)35-20-14-12-19(13-15-20)28-25(32)21-10-6-7-11-22(21)26(33)34/h3-9,12-15,17,21-22H,10-11H2,1-2H3,(H,28,32)(H,33,34)(H,29,30,31). The molecular weight excluding hydrogens is 494 g/mol. The Balaban J connectivity index is 1.33. The van der Waals surface area contributed by atoms with Crippen molar-refractivity contribution in [3.8, 4) is 11.3 Å². The minimum absolute atomic E-state index is 0.143. The SMILES string of the molecule is Cc1sc(NC(=O)C(C)Sc2ccc(NC(=O)C3CC=CCC3C(=O)O)cc2)nc1-c1ccccc1. The van der Waals surface area contributed by atoms with Crippen molar-refractivity contribution in [1.82, 2.24) is 4.98 Å². The highest BCUT2D eigenvalue weighted by Gasteiger charge is 2.34. The van der Waals surface area contributed by atoms with Crippen LogP contribution in [0.3, 0.4) is 0 Å². The second-order valence-electron chi connectivity index (χ2n) is 8.55. The molecule has 0 aliphatic heterocycles. The molecule has 0 bridgehead atoms. The molecule has 0 spiro atoms.